The number of hydrogen-bond donors (Lipinski definition) is 3. The van der Waals surface area contributed by atoms with Crippen LogP contribution in [0.4, 0.5) is 0 Å². The zero-order valence-corrected chi connectivity index (χ0v) is 17.4. The average Bonchev–Trinajstić information content (AvgIpc) is 3.04. The molecule has 0 unspecified atom stereocenters. The first-order chi connectivity index (χ1) is 12.6. The minimum absolute atomic E-state index is 0.0639. The van der Waals surface area contributed by atoms with Crippen molar-refractivity contribution in [1.82, 2.24) is 20.9 Å². The van der Waals surface area contributed by atoms with Gasteiger partial charge in [-0.25, -0.2) is 9.98 Å². The maximum Gasteiger partial charge on any atom is 0.251 e. The molecule has 0 aliphatic heterocycles. The third-order valence-electron chi connectivity index (χ3n) is 3.40. The lowest BCUT2D eigenvalue weighted by Crippen LogP contribution is -2.38. The molecule has 0 spiro atoms. The molecule has 1 aromatic heterocycles. The number of hydrogen-bond acceptors (Lipinski definition) is 4. The fourth-order valence-electron chi connectivity index (χ4n) is 2.19. The molecule has 2 aromatic rings. The van der Waals surface area contributed by atoms with E-state index in [0.29, 0.717) is 18.7 Å². The monoisotopic (exact) mass is 437 g/mol. The van der Waals surface area contributed by atoms with Crippen LogP contribution in [0, 0.1) is 6.92 Å². The summed E-state index contributed by atoms with van der Waals surface area (Å²) in [5.41, 5.74) is 0.654. The largest absolute Gasteiger partial charge is 0.357 e. The van der Waals surface area contributed by atoms with Crippen molar-refractivity contribution in [3.8, 4) is 0 Å². The van der Waals surface area contributed by atoms with Crippen LogP contribution in [0.1, 0.15) is 33.6 Å². The number of aliphatic imine (C=N–C) groups is 1. The molecule has 8 heteroatoms. The summed E-state index contributed by atoms with van der Waals surface area (Å²) in [7, 11) is 0. The van der Waals surface area contributed by atoms with Crippen LogP contribution in [0.15, 0.2) is 39.9 Å². The smallest absolute Gasteiger partial charge is 0.251 e. The van der Waals surface area contributed by atoms with E-state index in [1.165, 1.54) is 4.88 Å². The number of aryl methyl sites for hydroxylation is 1. The lowest BCUT2D eigenvalue weighted by Gasteiger charge is -2.11. The van der Waals surface area contributed by atoms with Crippen LogP contribution in [0.3, 0.4) is 0 Å². The van der Waals surface area contributed by atoms with E-state index in [1.54, 1.807) is 17.4 Å². The van der Waals surface area contributed by atoms with Gasteiger partial charge in [0.15, 0.2) is 5.96 Å². The van der Waals surface area contributed by atoms with Gasteiger partial charge in [0.1, 0.15) is 5.01 Å². The van der Waals surface area contributed by atoms with Crippen LogP contribution in [0.5, 0.6) is 0 Å². The molecule has 0 radical (unpaired) electrons. The van der Waals surface area contributed by atoms with E-state index in [9.17, 15) is 4.79 Å². The summed E-state index contributed by atoms with van der Waals surface area (Å²) in [6.45, 7) is 6.75. The first-order valence-corrected chi connectivity index (χ1v) is 10.2. The standard InChI is InChI=1S/C18H24BrN5OS/c1-3-20-18(24-12-16-23-11-13(2)26-16)22-9-5-8-21-17(25)14-6-4-7-15(19)10-14/h4,6-7,10-11H,3,5,8-9,12H2,1-2H3,(H,21,25)(H2,20,22,24). The van der Waals surface area contributed by atoms with E-state index < -0.39 is 0 Å². The highest BCUT2D eigenvalue weighted by Gasteiger charge is 2.05. The molecule has 1 aromatic carbocycles. The molecule has 1 amide bonds. The van der Waals surface area contributed by atoms with Crippen molar-refractivity contribution >= 4 is 39.1 Å². The molecule has 0 saturated carbocycles. The second-order valence-electron chi connectivity index (χ2n) is 5.61. The third kappa shape index (κ3) is 7.13. The van der Waals surface area contributed by atoms with Gasteiger partial charge in [0.05, 0.1) is 6.54 Å². The molecule has 0 aliphatic carbocycles. The summed E-state index contributed by atoms with van der Waals surface area (Å²) < 4.78 is 0.897. The predicted molar refractivity (Wildman–Crippen MR) is 111 cm³/mol. The maximum absolute atomic E-state index is 12.1. The molecule has 1 heterocycles. The number of benzene rings is 1. The topological polar surface area (TPSA) is 78.4 Å². The Kier molecular flexibility index (Phi) is 8.57. The number of guanidine groups is 1. The summed E-state index contributed by atoms with van der Waals surface area (Å²) in [6.07, 6.45) is 2.67. The molecule has 0 aliphatic rings. The minimum Gasteiger partial charge on any atom is -0.357 e. The van der Waals surface area contributed by atoms with Crippen molar-refractivity contribution in [1.29, 1.82) is 0 Å². The molecule has 2 rings (SSSR count). The lowest BCUT2D eigenvalue weighted by atomic mass is 10.2. The highest BCUT2D eigenvalue weighted by atomic mass is 79.9. The lowest BCUT2D eigenvalue weighted by molar-refractivity contribution is 0.0953. The normalized spacial score (nSPS) is 11.3. The first-order valence-electron chi connectivity index (χ1n) is 8.55. The summed E-state index contributed by atoms with van der Waals surface area (Å²) in [6, 6.07) is 7.36. The Morgan fingerprint density at radius 3 is 2.77 bits per heavy atom. The molecule has 140 valence electrons. The number of nitrogens with one attached hydrogen (secondary N) is 3. The Balaban J connectivity index is 1.71. The van der Waals surface area contributed by atoms with Gasteiger partial charge < -0.3 is 16.0 Å². The summed E-state index contributed by atoms with van der Waals surface area (Å²) in [5, 5.41) is 10.4. The number of carbonyl (C=O) groups is 1. The van der Waals surface area contributed by atoms with E-state index >= 15 is 0 Å². The molecule has 6 nitrogen and oxygen atoms in total. The SMILES string of the molecule is CCNC(=NCc1ncc(C)s1)NCCCNC(=O)c1cccc(Br)c1. The van der Waals surface area contributed by atoms with Crippen molar-refractivity contribution in [2.45, 2.75) is 26.8 Å². The molecular formula is C18H24BrN5OS. The van der Waals surface area contributed by atoms with Crippen LogP contribution in [0.25, 0.3) is 0 Å². The quantitative estimate of drug-likeness (QED) is 0.336. The molecule has 26 heavy (non-hydrogen) atoms. The second-order valence-corrected chi connectivity index (χ2v) is 7.84. The van der Waals surface area contributed by atoms with Gasteiger partial charge in [0.25, 0.3) is 5.91 Å². The number of rotatable bonds is 8. The van der Waals surface area contributed by atoms with Gasteiger partial charge in [-0.05, 0) is 38.5 Å². The van der Waals surface area contributed by atoms with Gasteiger partial charge >= 0.3 is 0 Å². The zero-order chi connectivity index (χ0) is 18.8. The van der Waals surface area contributed by atoms with Crippen LogP contribution in [-0.4, -0.2) is 36.5 Å². The fourth-order valence-corrected chi connectivity index (χ4v) is 3.30. The highest BCUT2D eigenvalue weighted by molar-refractivity contribution is 9.10. The molecule has 0 saturated heterocycles. The first kappa shape index (κ1) is 20.4. The predicted octanol–water partition coefficient (Wildman–Crippen LogP) is 3.09. The van der Waals surface area contributed by atoms with Crippen LogP contribution >= 0.6 is 27.3 Å². The zero-order valence-electron chi connectivity index (χ0n) is 15.0. The number of halogens is 1. The van der Waals surface area contributed by atoms with E-state index in [1.807, 2.05) is 38.2 Å². The van der Waals surface area contributed by atoms with Crippen molar-refractivity contribution in [3.05, 3.63) is 50.4 Å². The van der Waals surface area contributed by atoms with Gasteiger partial charge in [-0.1, -0.05) is 22.0 Å². The van der Waals surface area contributed by atoms with Crippen molar-refractivity contribution in [3.63, 3.8) is 0 Å². The Hall–Kier alpha value is -1.93. The van der Waals surface area contributed by atoms with Gasteiger partial charge in [-0.2, -0.15) is 0 Å². The number of thiazole rings is 1. The number of carbonyl (C=O) groups excluding carboxylic acids is 1. The van der Waals surface area contributed by atoms with Gasteiger partial charge in [-0.3, -0.25) is 4.79 Å². The fraction of sp³-hybridized carbons (Fsp3) is 0.389. The van der Waals surface area contributed by atoms with Gasteiger partial charge in [0, 0.05) is 40.7 Å². The van der Waals surface area contributed by atoms with Crippen LogP contribution < -0.4 is 16.0 Å². The van der Waals surface area contributed by atoms with Crippen molar-refractivity contribution in [2.75, 3.05) is 19.6 Å². The molecule has 0 bridgehead atoms. The number of aromatic nitrogens is 1. The maximum atomic E-state index is 12.1. The second kappa shape index (κ2) is 10.9. The van der Waals surface area contributed by atoms with Crippen molar-refractivity contribution < 1.29 is 4.79 Å². The molecule has 0 atom stereocenters. The third-order valence-corrected chi connectivity index (χ3v) is 4.79. The number of nitrogens with zero attached hydrogens (tertiary/aromatic N) is 2. The Bertz CT molecular complexity index is 747. The Morgan fingerprint density at radius 1 is 1.27 bits per heavy atom. The minimum atomic E-state index is -0.0639. The van der Waals surface area contributed by atoms with Gasteiger partial charge in [0.2, 0.25) is 0 Å². The van der Waals surface area contributed by atoms with E-state index in [2.05, 4.69) is 41.9 Å². The summed E-state index contributed by atoms with van der Waals surface area (Å²) in [4.78, 5) is 22.1. The summed E-state index contributed by atoms with van der Waals surface area (Å²) in [5.74, 6) is 0.699. The van der Waals surface area contributed by atoms with E-state index in [0.717, 1.165) is 35.0 Å². The van der Waals surface area contributed by atoms with E-state index in [4.69, 9.17) is 0 Å². The Labute approximate surface area is 166 Å². The van der Waals surface area contributed by atoms with Gasteiger partial charge in [-0.15, -0.1) is 11.3 Å². The highest BCUT2D eigenvalue weighted by Crippen LogP contribution is 2.12. The van der Waals surface area contributed by atoms with Crippen molar-refractivity contribution in [2.24, 2.45) is 4.99 Å². The molecule has 3 N–H and O–H groups in total. The summed E-state index contributed by atoms with van der Waals surface area (Å²) >= 11 is 5.03. The number of amides is 1. The molecule has 0 fully saturated rings. The average molecular weight is 438 g/mol. The van der Waals surface area contributed by atoms with Crippen LogP contribution in [0.2, 0.25) is 0 Å². The van der Waals surface area contributed by atoms with E-state index in [-0.39, 0.29) is 5.91 Å². The molecular weight excluding hydrogens is 414 g/mol. The van der Waals surface area contributed by atoms with Crippen LogP contribution in [-0.2, 0) is 6.54 Å². The Morgan fingerprint density at radius 2 is 2.08 bits per heavy atom.